The summed E-state index contributed by atoms with van der Waals surface area (Å²) in [5, 5.41) is 0. The average molecular weight is 198 g/mol. The van der Waals surface area contributed by atoms with Crippen molar-refractivity contribution in [3.05, 3.63) is 29.8 Å². The van der Waals surface area contributed by atoms with Crippen molar-refractivity contribution in [3.8, 4) is 0 Å². The van der Waals surface area contributed by atoms with Crippen LogP contribution in [0, 0.1) is 5.92 Å². The van der Waals surface area contributed by atoms with E-state index in [1.165, 1.54) is 0 Å². The number of nitrogens with two attached hydrogens (primary N) is 1. The second kappa shape index (κ2) is 3.79. The number of rotatable bonds is 2. The van der Waals surface area contributed by atoms with Crippen molar-refractivity contribution in [1.82, 2.24) is 0 Å². The first-order valence-electron chi connectivity index (χ1n) is 4.17. The Balaban J connectivity index is 0.000000845. The first kappa shape index (κ1) is 10.1. The minimum Gasteiger partial charge on any atom is -0.399 e. The first-order chi connectivity index (χ1) is 5.77. The minimum absolute atomic E-state index is 0. The number of Topliss-reactive ketones (excluding diaryl/α,β-unsaturated/α-hetero) is 1. The lowest BCUT2D eigenvalue weighted by molar-refractivity contribution is 0.0967. The smallest absolute Gasteiger partial charge is 0.165 e. The highest BCUT2D eigenvalue weighted by Gasteiger charge is 2.29. The maximum Gasteiger partial charge on any atom is 0.165 e. The predicted molar refractivity (Wildman–Crippen MR) is 55.2 cm³/mol. The highest BCUT2D eigenvalue weighted by molar-refractivity contribution is 5.99. The van der Waals surface area contributed by atoms with Crippen molar-refractivity contribution in [2.75, 3.05) is 5.73 Å². The Labute approximate surface area is 83.5 Å². The van der Waals surface area contributed by atoms with E-state index in [9.17, 15) is 4.79 Å². The Bertz CT molecular complexity index is 303. The van der Waals surface area contributed by atoms with Crippen LogP contribution in [0.5, 0.6) is 0 Å². The second-order valence-electron chi connectivity index (χ2n) is 3.26. The number of benzene rings is 1. The van der Waals surface area contributed by atoms with Gasteiger partial charge in [0, 0.05) is 17.2 Å². The van der Waals surface area contributed by atoms with Gasteiger partial charge in [-0.15, -0.1) is 12.4 Å². The maximum atomic E-state index is 11.5. The Hall–Kier alpha value is -1.02. The molecule has 1 aliphatic rings. The number of carbonyl (C=O) groups is 1. The van der Waals surface area contributed by atoms with Crippen molar-refractivity contribution in [1.29, 1.82) is 0 Å². The van der Waals surface area contributed by atoms with Gasteiger partial charge in [-0.3, -0.25) is 4.79 Å². The van der Waals surface area contributed by atoms with Gasteiger partial charge in [-0.2, -0.15) is 0 Å². The molecule has 0 unspecified atom stereocenters. The molecule has 0 radical (unpaired) electrons. The van der Waals surface area contributed by atoms with E-state index < -0.39 is 0 Å². The molecule has 3 heteroatoms. The summed E-state index contributed by atoms with van der Waals surface area (Å²) in [6.07, 6.45) is 2.12. The molecule has 0 spiro atoms. The molecule has 0 atom stereocenters. The van der Waals surface area contributed by atoms with Crippen LogP contribution in [-0.4, -0.2) is 5.78 Å². The fraction of sp³-hybridized carbons (Fsp3) is 0.300. The summed E-state index contributed by atoms with van der Waals surface area (Å²) in [6.45, 7) is 0. The van der Waals surface area contributed by atoms with E-state index >= 15 is 0 Å². The van der Waals surface area contributed by atoms with Crippen LogP contribution in [0.4, 0.5) is 5.69 Å². The van der Waals surface area contributed by atoms with E-state index in [4.69, 9.17) is 5.73 Å². The van der Waals surface area contributed by atoms with Gasteiger partial charge in [0.05, 0.1) is 0 Å². The molecule has 2 rings (SSSR count). The molecule has 0 aliphatic heterocycles. The maximum absolute atomic E-state index is 11.5. The van der Waals surface area contributed by atoms with Gasteiger partial charge < -0.3 is 5.73 Å². The molecule has 1 fully saturated rings. The van der Waals surface area contributed by atoms with E-state index in [-0.39, 0.29) is 18.2 Å². The monoisotopic (exact) mass is 197 g/mol. The highest BCUT2D eigenvalue weighted by Crippen LogP contribution is 2.32. The van der Waals surface area contributed by atoms with Crippen molar-refractivity contribution in [2.24, 2.45) is 5.92 Å². The number of hydrogen-bond acceptors (Lipinski definition) is 2. The third-order valence-corrected chi connectivity index (χ3v) is 2.14. The van der Waals surface area contributed by atoms with Gasteiger partial charge in [0.15, 0.2) is 5.78 Å². The van der Waals surface area contributed by atoms with Crippen LogP contribution in [0.1, 0.15) is 23.2 Å². The molecule has 70 valence electrons. The Kier molecular flexibility index (Phi) is 2.94. The molecular formula is C10H12ClNO. The summed E-state index contributed by atoms with van der Waals surface area (Å²) >= 11 is 0. The number of halogens is 1. The van der Waals surface area contributed by atoms with Gasteiger partial charge in [-0.25, -0.2) is 0 Å². The molecule has 1 aromatic carbocycles. The SMILES string of the molecule is Cl.Nc1ccc(C(=O)C2CC2)cc1. The van der Waals surface area contributed by atoms with Crippen molar-refractivity contribution in [3.63, 3.8) is 0 Å². The number of nitrogen functional groups attached to an aromatic ring is 1. The summed E-state index contributed by atoms with van der Waals surface area (Å²) in [5.74, 6) is 0.573. The first-order valence-corrected chi connectivity index (χ1v) is 4.17. The molecule has 1 aromatic rings. The van der Waals surface area contributed by atoms with Crippen molar-refractivity contribution < 1.29 is 4.79 Å². The summed E-state index contributed by atoms with van der Waals surface area (Å²) in [5.41, 5.74) is 7.02. The van der Waals surface area contributed by atoms with Crippen molar-refractivity contribution >= 4 is 23.9 Å². The van der Waals surface area contributed by atoms with Crippen molar-refractivity contribution in [2.45, 2.75) is 12.8 Å². The minimum atomic E-state index is 0. The van der Waals surface area contributed by atoms with E-state index in [0.29, 0.717) is 11.6 Å². The van der Waals surface area contributed by atoms with E-state index in [1.54, 1.807) is 24.3 Å². The van der Waals surface area contributed by atoms with Gasteiger partial charge in [0.1, 0.15) is 0 Å². The number of hydrogen-bond donors (Lipinski definition) is 1. The molecule has 0 bridgehead atoms. The van der Waals surface area contributed by atoms with Gasteiger partial charge in [0.2, 0.25) is 0 Å². The molecule has 2 N–H and O–H groups in total. The number of carbonyl (C=O) groups excluding carboxylic acids is 1. The summed E-state index contributed by atoms with van der Waals surface area (Å²) in [6, 6.07) is 7.15. The number of anilines is 1. The van der Waals surface area contributed by atoms with Crippen LogP contribution in [0.15, 0.2) is 24.3 Å². The largest absolute Gasteiger partial charge is 0.399 e. The lowest BCUT2D eigenvalue weighted by Gasteiger charge is -1.98. The Morgan fingerprint density at radius 3 is 2.23 bits per heavy atom. The molecule has 0 aromatic heterocycles. The van der Waals surface area contributed by atoms with Crippen LogP contribution >= 0.6 is 12.4 Å². The van der Waals surface area contributed by atoms with Gasteiger partial charge in [0.25, 0.3) is 0 Å². The molecule has 0 heterocycles. The Morgan fingerprint density at radius 1 is 1.23 bits per heavy atom. The van der Waals surface area contributed by atoms with E-state index in [0.717, 1.165) is 18.4 Å². The summed E-state index contributed by atoms with van der Waals surface area (Å²) < 4.78 is 0. The van der Waals surface area contributed by atoms with Crippen LogP contribution in [-0.2, 0) is 0 Å². The zero-order valence-corrected chi connectivity index (χ0v) is 8.01. The Morgan fingerprint density at radius 2 is 1.77 bits per heavy atom. The van der Waals surface area contributed by atoms with Crippen LogP contribution < -0.4 is 5.73 Å². The third-order valence-electron chi connectivity index (χ3n) is 2.14. The zero-order chi connectivity index (χ0) is 8.55. The van der Waals surface area contributed by atoms with Crippen LogP contribution in [0.2, 0.25) is 0 Å². The molecule has 1 aliphatic carbocycles. The molecule has 0 saturated heterocycles. The standard InChI is InChI=1S/C10H11NO.ClH/c11-9-5-3-8(4-6-9)10(12)7-1-2-7;/h3-7H,1-2,11H2;1H. The average Bonchev–Trinajstić information content (AvgIpc) is 2.87. The topological polar surface area (TPSA) is 43.1 Å². The quantitative estimate of drug-likeness (QED) is 0.584. The summed E-state index contributed by atoms with van der Waals surface area (Å²) in [4.78, 5) is 11.5. The van der Waals surface area contributed by atoms with E-state index in [1.807, 2.05) is 0 Å². The summed E-state index contributed by atoms with van der Waals surface area (Å²) in [7, 11) is 0. The molecule has 1 saturated carbocycles. The second-order valence-corrected chi connectivity index (χ2v) is 3.26. The lowest BCUT2D eigenvalue weighted by atomic mass is 10.1. The molecule has 13 heavy (non-hydrogen) atoms. The molecule has 0 amide bonds. The van der Waals surface area contributed by atoms with Gasteiger partial charge >= 0.3 is 0 Å². The van der Waals surface area contributed by atoms with Gasteiger partial charge in [-0.05, 0) is 37.1 Å². The predicted octanol–water partition coefficient (Wildman–Crippen LogP) is 2.28. The fourth-order valence-corrected chi connectivity index (χ4v) is 1.23. The van der Waals surface area contributed by atoms with Gasteiger partial charge in [-0.1, -0.05) is 0 Å². The van der Waals surface area contributed by atoms with Crippen LogP contribution in [0.3, 0.4) is 0 Å². The van der Waals surface area contributed by atoms with Crippen LogP contribution in [0.25, 0.3) is 0 Å². The molecule has 2 nitrogen and oxygen atoms in total. The number of ketones is 1. The zero-order valence-electron chi connectivity index (χ0n) is 7.19. The highest BCUT2D eigenvalue weighted by atomic mass is 35.5. The van der Waals surface area contributed by atoms with E-state index in [2.05, 4.69) is 0 Å². The lowest BCUT2D eigenvalue weighted by Crippen LogP contribution is -2.00. The molecular weight excluding hydrogens is 186 g/mol. The normalized spacial score (nSPS) is 14.8. The fourth-order valence-electron chi connectivity index (χ4n) is 1.23. The third kappa shape index (κ3) is 2.22.